The van der Waals surface area contributed by atoms with E-state index in [1.54, 1.807) is 38.1 Å². The minimum atomic E-state index is -3.84. The summed E-state index contributed by atoms with van der Waals surface area (Å²) in [6.07, 6.45) is 0.692. The number of benzene rings is 2. The lowest BCUT2D eigenvalue weighted by Crippen LogP contribution is -2.29. The Kier molecular flexibility index (Phi) is 4.82. The predicted molar refractivity (Wildman–Crippen MR) is 117 cm³/mol. The van der Waals surface area contributed by atoms with Crippen molar-refractivity contribution < 1.29 is 23.2 Å². The number of ketones is 2. The van der Waals surface area contributed by atoms with Gasteiger partial charge >= 0.3 is 7.60 Å². The summed E-state index contributed by atoms with van der Waals surface area (Å²) in [5.74, 6) is -0.560. The molecule has 0 bridgehead atoms. The van der Waals surface area contributed by atoms with Crippen LogP contribution in [0, 0.1) is 0 Å². The van der Waals surface area contributed by atoms with Crippen molar-refractivity contribution in [2.75, 3.05) is 13.2 Å². The van der Waals surface area contributed by atoms with E-state index in [1.807, 2.05) is 28.8 Å². The Bertz CT molecular complexity index is 1280. The van der Waals surface area contributed by atoms with E-state index in [4.69, 9.17) is 9.05 Å². The van der Waals surface area contributed by atoms with Crippen molar-refractivity contribution in [3.8, 4) is 11.3 Å². The average molecular weight is 435 g/mol. The zero-order valence-electron chi connectivity index (χ0n) is 17.4. The number of carbonyl (C=O) groups is 2. The molecule has 5 rings (SSSR count). The fraction of sp³-hybridized carbons (Fsp3) is 0.250. The highest BCUT2D eigenvalue weighted by molar-refractivity contribution is 7.62. The number of aryl methyl sites for hydroxylation is 1. The molecule has 0 fully saturated rings. The third-order valence-corrected chi connectivity index (χ3v) is 8.02. The molecule has 2 aliphatic rings. The quantitative estimate of drug-likeness (QED) is 0.435. The van der Waals surface area contributed by atoms with Crippen LogP contribution in [0.15, 0.2) is 48.5 Å². The van der Waals surface area contributed by atoms with Crippen LogP contribution in [0.1, 0.15) is 51.3 Å². The molecule has 0 spiro atoms. The maximum absolute atomic E-state index is 14.0. The molecule has 0 amide bonds. The van der Waals surface area contributed by atoms with Crippen molar-refractivity contribution >= 4 is 24.6 Å². The van der Waals surface area contributed by atoms with Gasteiger partial charge in [0, 0.05) is 23.2 Å². The second kappa shape index (κ2) is 7.41. The van der Waals surface area contributed by atoms with Crippen molar-refractivity contribution in [1.82, 2.24) is 4.57 Å². The van der Waals surface area contributed by atoms with Crippen LogP contribution in [0.4, 0.5) is 0 Å². The van der Waals surface area contributed by atoms with Gasteiger partial charge in [-0.25, -0.2) is 0 Å². The van der Waals surface area contributed by atoms with Gasteiger partial charge in [-0.2, -0.15) is 0 Å². The molecule has 7 heteroatoms. The van der Waals surface area contributed by atoms with Crippen LogP contribution in [-0.2, 0) is 26.6 Å². The van der Waals surface area contributed by atoms with E-state index >= 15 is 0 Å². The Morgan fingerprint density at radius 3 is 2.00 bits per heavy atom. The summed E-state index contributed by atoms with van der Waals surface area (Å²) in [7, 11) is -3.84. The minimum Gasteiger partial charge on any atom is -0.333 e. The lowest BCUT2D eigenvalue weighted by Gasteiger charge is -2.24. The highest BCUT2D eigenvalue weighted by Crippen LogP contribution is 2.52. The minimum absolute atomic E-state index is 0.153. The van der Waals surface area contributed by atoms with Crippen LogP contribution >= 0.6 is 7.60 Å². The Morgan fingerprint density at radius 2 is 1.39 bits per heavy atom. The predicted octanol–water partition coefficient (Wildman–Crippen LogP) is 4.38. The molecule has 0 saturated carbocycles. The molecule has 31 heavy (non-hydrogen) atoms. The van der Waals surface area contributed by atoms with Crippen molar-refractivity contribution in [3.05, 3.63) is 76.3 Å². The van der Waals surface area contributed by atoms with E-state index in [0.717, 1.165) is 11.1 Å². The molecule has 6 nitrogen and oxygen atoms in total. The first-order valence-corrected chi connectivity index (χ1v) is 12.0. The Hall–Kier alpha value is -2.79. The highest BCUT2D eigenvalue weighted by Gasteiger charge is 2.46. The molecule has 1 aliphatic carbocycles. The molecule has 0 unspecified atom stereocenters. The Morgan fingerprint density at radius 1 is 0.839 bits per heavy atom. The van der Waals surface area contributed by atoms with Gasteiger partial charge in [0.1, 0.15) is 5.44 Å². The van der Waals surface area contributed by atoms with E-state index in [1.165, 1.54) is 0 Å². The molecule has 3 aromatic rings. The first-order chi connectivity index (χ1) is 15.0. The third-order valence-electron chi connectivity index (χ3n) is 5.84. The molecule has 0 atom stereocenters. The maximum atomic E-state index is 14.0. The first-order valence-electron chi connectivity index (χ1n) is 10.4. The summed E-state index contributed by atoms with van der Waals surface area (Å²) in [6.45, 7) is 4.25. The standard InChI is InChI=1S/C24H22NO5P/c1-3-29-31(28,30-4-2)24-20-19(22(26)17-11-7-8-12-18(17)23(20)27)21-16-10-6-5-9-15(16)13-14-25(21)24/h5-12H,3-4,13-14H2,1-2H3. The zero-order valence-corrected chi connectivity index (χ0v) is 18.3. The number of rotatable bonds is 5. The Labute approximate surface area is 180 Å². The van der Waals surface area contributed by atoms with Gasteiger partial charge in [-0.3, -0.25) is 14.2 Å². The number of hydrogen-bond acceptors (Lipinski definition) is 5. The van der Waals surface area contributed by atoms with Gasteiger partial charge in [-0.05, 0) is 25.8 Å². The van der Waals surface area contributed by atoms with E-state index in [9.17, 15) is 14.2 Å². The van der Waals surface area contributed by atoms with Gasteiger partial charge in [0.25, 0.3) is 0 Å². The third kappa shape index (κ3) is 2.83. The summed E-state index contributed by atoms with van der Waals surface area (Å²) < 4.78 is 27.1. The van der Waals surface area contributed by atoms with Crippen LogP contribution in [-0.4, -0.2) is 29.3 Å². The van der Waals surface area contributed by atoms with Crippen LogP contribution in [0.25, 0.3) is 11.3 Å². The monoisotopic (exact) mass is 435 g/mol. The van der Waals surface area contributed by atoms with Gasteiger partial charge < -0.3 is 13.6 Å². The summed E-state index contributed by atoms with van der Waals surface area (Å²) in [6, 6.07) is 14.6. The smallest absolute Gasteiger partial charge is 0.333 e. The number of hydrogen-bond donors (Lipinski definition) is 0. The molecule has 158 valence electrons. The van der Waals surface area contributed by atoms with E-state index in [-0.39, 0.29) is 35.8 Å². The molecular formula is C24H22NO5P. The van der Waals surface area contributed by atoms with Crippen LogP contribution in [0.3, 0.4) is 0 Å². The largest absolute Gasteiger partial charge is 0.378 e. The average Bonchev–Trinajstić information content (AvgIpc) is 3.15. The SMILES string of the molecule is CCOP(=O)(OCC)c1c2c(c3n1CCc1ccccc1-3)C(=O)c1ccccc1C2=O. The van der Waals surface area contributed by atoms with E-state index in [0.29, 0.717) is 35.3 Å². The van der Waals surface area contributed by atoms with Gasteiger partial charge in [0.2, 0.25) is 0 Å². The van der Waals surface area contributed by atoms with Crippen molar-refractivity contribution in [1.29, 1.82) is 0 Å². The van der Waals surface area contributed by atoms with Gasteiger partial charge in [-0.1, -0.05) is 48.5 Å². The molecule has 0 radical (unpaired) electrons. The summed E-state index contributed by atoms with van der Waals surface area (Å²) in [4.78, 5) is 27.3. The molecule has 2 heterocycles. The lowest BCUT2D eigenvalue weighted by molar-refractivity contribution is 0.0981. The number of nitrogens with zero attached hydrogens (tertiary/aromatic N) is 1. The van der Waals surface area contributed by atoms with Crippen molar-refractivity contribution in [3.63, 3.8) is 0 Å². The number of carbonyl (C=O) groups excluding carboxylic acids is 2. The van der Waals surface area contributed by atoms with Crippen molar-refractivity contribution in [2.45, 2.75) is 26.8 Å². The van der Waals surface area contributed by atoms with Crippen molar-refractivity contribution in [2.24, 2.45) is 0 Å². The summed E-state index contributed by atoms with van der Waals surface area (Å²) in [5.41, 5.74) is 3.91. The van der Waals surface area contributed by atoms with Gasteiger partial charge in [0.15, 0.2) is 11.6 Å². The molecule has 0 saturated heterocycles. The number of fused-ring (bicyclic) bond motifs is 6. The molecule has 1 aliphatic heterocycles. The second-order valence-corrected chi connectivity index (χ2v) is 9.45. The van der Waals surface area contributed by atoms with Gasteiger partial charge in [0.05, 0.1) is 30.0 Å². The Balaban J connectivity index is 1.91. The van der Waals surface area contributed by atoms with E-state index in [2.05, 4.69) is 0 Å². The lowest BCUT2D eigenvalue weighted by atomic mass is 9.83. The summed E-state index contributed by atoms with van der Waals surface area (Å²) in [5, 5.41) is 0. The number of aromatic nitrogens is 1. The maximum Gasteiger partial charge on any atom is 0.378 e. The zero-order chi connectivity index (χ0) is 21.8. The van der Waals surface area contributed by atoms with E-state index < -0.39 is 7.60 Å². The topological polar surface area (TPSA) is 74.6 Å². The second-order valence-electron chi connectivity index (χ2n) is 7.52. The molecule has 0 N–H and O–H groups in total. The normalized spacial score (nSPS) is 14.6. The molecule has 1 aromatic heterocycles. The van der Waals surface area contributed by atoms with Crippen LogP contribution in [0.2, 0.25) is 0 Å². The van der Waals surface area contributed by atoms with Crippen LogP contribution in [0.5, 0.6) is 0 Å². The van der Waals surface area contributed by atoms with Gasteiger partial charge in [-0.15, -0.1) is 0 Å². The highest BCUT2D eigenvalue weighted by atomic mass is 31.2. The molecule has 2 aromatic carbocycles. The van der Waals surface area contributed by atoms with Crippen LogP contribution < -0.4 is 5.44 Å². The summed E-state index contributed by atoms with van der Waals surface area (Å²) >= 11 is 0. The fourth-order valence-corrected chi connectivity index (χ4v) is 6.66. The first kappa shape index (κ1) is 20.1. The fourth-order valence-electron chi connectivity index (χ4n) is 4.67. The molecular weight excluding hydrogens is 413 g/mol.